The molecule has 0 aliphatic rings. The number of rotatable bonds is 8. The minimum absolute atomic E-state index is 0.173. The van der Waals surface area contributed by atoms with Gasteiger partial charge in [0.25, 0.3) is 10.0 Å². The predicted octanol–water partition coefficient (Wildman–Crippen LogP) is 4.44. The van der Waals surface area contributed by atoms with Crippen LogP contribution in [-0.2, 0) is 23.6 Å². The molecule has 180 valence electrons. The first kappa shape index (κ1) is 22.8. The van der Waals surface area contributed by atoms with Crippen molar-refractivity contribution in [1.29, 1.82) is 0 Å². The highest BCUT2D eigenvalue weighted by Gasteiger charge is 2.29. The molecule has 0 unspecified atom stereocenters. The van der Waals surface area contributed by atoms with Crippen LogP contribution >= 0.6 is 0 Å². The molecule has 0 aliphatic heterocycles. The zero-order valence-electron chi connectivity index (χ0n) is 19.7. The monoisotopic (exact) mass is 490 g/mol. The van der Waals surface area contributed by atoms with Crippen molar-refractivity contribution in [1.82, 2.24) is 14.1 Å². The Hall–Kier alpha value is -3.98. The molecule has 0 N–H and O–H groups in total. The Labute approximate surface area is 204 Å². The number of methoxy groups -OCH3 is 2. The summed E-state index contributed by atoms with van der Waals surface area (Å²) >= 11 is 0. The van der Waals surface area contributed by atoms with Crippen molar-refractivity contribution in [2.24, 2.45) is 7.05 Å². The largest absolute Gasteiger partial charge is 0.481 e. The van der Waals surface area contributed by atoms with Crippen LogP contribution in [0.15, 0.2) is 84.0 Å². The summed E-state index contributed by atoms with van der Waals surface area (Å²) in [5, 5.41) is 1.89. The number of benzene rings is 2. The van der Waals surface area contributed by atoms with E-state index in [1.165, 1.54) is 18.5 Å². The van der Waals surface area contributed by atoms with Crippen LogP contribution in [0.25, 0.3) is 21.8 Å². The number of aromatic nitrogens is 3. The van der Waals surface area contributed by atoms with Gasteiger partial charge in [-0.1, -0.05) is 18.2 Å². The molecule has 3 heterocycles. The number of aryl methyl sites for hydroxylation is 1. The minimum atomic E-state index is -3.96. The lowest BCUT2D eigenvalue weighted by molar-refractivity contribution is 0.365. The number of ether oxygens (including phenoxy) is 2. The second-order valence-electron chi connectivity index (χ2n) is 8.14. The Balaban J connectivity index is 1.65. The van der Waals surface area contributed by atoms with E-state index in [4.69, 9.17) is 9.47 Å². The Kier molecular flexibility index (Phi) is 5.86. The average Bonchev–Trinajstić information content (AvgIpc) is 3.50. The average molecular weight is 491 g/mol. The third-order valence-electron chi connectivity index (χ3n) is 6.19. The maximum Gasteiger partial charge on any atom is 0.264 e. The van der Waals surface area contributed by atoms with Crippen molar-refractivity contribution in [3.05, 3.63) is 79.1 Å². The Bertz CT molecular complexity index is 1610. The van der Waals surface area contributed by atoms with E-state index < -0.39 is 10.0 Å². The second kappa shape index (κ2) is 8.99. The van der Waals surface area contributed by atoms with Crippen molar-refractivity contribution < 1.29 is 17.9 Å². The van der Waals surface area contributed by atoms with E-state index in [-0.39, 0.29) is 17.3 Å². The smallest absolute Gasteiger partial charge is 0.264 e. The van der Waals surface area contributed by atoms with Crippen molar-refractivity contribution >= 4 is 37.5 Å². The predicted molar refractivity (Wildman–Crippen MR) is 137 cm³/mol. The summed E-state index contributed by atoms with van der Waals surface area (Å²) < 4.78 is 44.2. The molecule has 3 aromatic heterocycles. The molecule has 5 aromatic rings. The summed E-state index contributed by atoms with van der Waals surface area (Å²) in [5.74, 6) is 0.511. The van der Waals surface area contributed by atoms with Gasteiger partial charge < -0.3 is 18.6 Å². The fourth-order valence-electron chi connectivity index (χ4n) is 4.40. The molecule has 5 rings (SSSR count). The normalized spacial score (nSPS) is 11.7. The first-order valence-corrected chi connectivity index (χ1v) is 12.6. The SMILES string of the molecule is COc1ccc(N(CCn2cccc2)S(=O)(=O)c2ccc3c(c2)c2ccccc2n3C)c(OC)n1. The quantitative estimate of drug-likeness (QED) is 0.321. The summed E-state index contributed by atoms with van der Waals surface area (Å²) in [7, 11) is 0.986. The van der Waals surface area contributed by atoms with Crippen LogP contribution in [0.2, 0.25) is 0 Å². The number of hydrogen-bond acceptors (Lipinski definition) is 5. The van der Waals surface area contributed by atoms with Gasteiger partial charge in [0.2, 0.25) is 11.8 Å². The number of nitrogens with zero attached hydrogens (tertiary/aromatic N) is 4. The van der Waals surface area contributed by atoms with Crippen LogP contribution in [0.1, 0.15) is 0 Å². The molecule has 2 aromatic carbocycles. The van der Waals surface area contributed by atoms with E-state index in [2.05, 4.69) is 9.55 Å². The Morgan fingerprint density at radius 1 is 0.886 bits per heavy atom. The van der Waals surface area contributed by atoms with Gasteiger partial charge in [0, 0.05) is 53.9 Å². The fraction of sp³-hybridized carbons (Fsp3) is 0.192. The molecule has 35 heavy (non-hydrogen) atoms. The lowest BCUT2D eigenvalue weighted by Crippen LogP contribution is -2.34. The molecule has 0 saturated carbocycles. The third kappa shape index (κ3) is 3.97. The molecule has 9 heteroatoms. The number of para-hydroxylation sites is 1. The van der Waals surface area contributed by atoms with Gasteiger partial charge in [0.05, 0.1) is 25.7 Å². The van der Waals surface area contributed by atoms with Crippen LogP contribution in [0.5, 0.6) is 11.8 Å². The molecule has 0 fully saturated rings. The van der Waals surface area contributed by atoms with E-state index in [9.17, 15) is 8.42 Å². The van der Waals surface area contributed by atoms with Crippen molar-refractivity contribution in [2.45, 2.75) is 11.4 Å². The van der Waals surface area contributed by atoms with Gasteiger partial charge in [-0.15, -0.1) is 0 Å². The number of anilines is 1. The maximum atomic E-state index is 14.1. The number of hydrogen-bond donors (Lipinski definition) is 0. The summed E-state index contributed by atoms with van der Waals surface area (Å²) in [6.45, 7) is 0.646. The topological polar surface area (TPSA) is 78.6 Å². The zero-order chi connectivity index (χ0) is 24.6. The summed E-state index contributed by atoms with van der Waals surface area (Å²) in [6.07, 6.45) is 3.80. The molecular formula is C26H26N4O4S. The second-order valence-corrected chi connectivity index (χ2v) is 10.00. The van der Waals surface area contributed by atoms with Gasteiger partial charge in [-0.05, 0) is 42.5 Å². The lowest BCUT2D eigenvalue weighted by Gasteiger charge is -2.26. The van der Waals surface area contributed by atoms with Crippen molar-refractivity contribution in [3.8, 4) is 11.8 Å². The van der Waals surface area contributed by atoms with E-state index in [1.807, 2.05) is 66.5 Å². The van der Waals surface area contributed by atoms with Crippen molar-refractivity contribution in [3.63, 3.8) is 0 Å². The summed E-state index contributed by atoms with van der Waals surface area (Å²) in [5.41, 5.74) is 2.36. The highest BCUT2D eigenvalue weighted by Crippen LogP contribution is 2.35. The highest BCUT2D eigenvalue weighted by atomic mass is 32.2. The number of sulfonamides is 1. The summed E-state index contributed by atoms with van der Waals surface area (Å²) in [6, 6.07) is 20.3. The standard InChI is InChI=1S/C26H26N4O4S/c1-28-22-9-5-4-8-20(22)21-18-19(10-11-23(21)28)35(31,32)30(17-16-29-14-6-7-15-29)24-12-13-25(33-2)27-26(24)34-3/h4-15,18H,16-17H2,1-3H3. The first-order valence-electron chi connectivity index (χ1n) is 11.1. The van der Waals surface area contributed by atoms with E-state index in [1.54, 1.807) is 24.3 Å². The van der Waals surface area contributed by atoms with Crippen LogP contribution in [-0.4, -0.2) is 43.3 Å². The van der Waals surface area contributed by atoms with E-state index in [0.717, 1.165) is 21.8 Å². The molecule has 0 saturated heterocycles. The molecule has 0 bridgehead atoms. The van der Waals surface area contributed by atoms with Gasteiger partial charge in [-0.25, -0.2) is 8.42 Å². The molecule has 0 amide bonds. The fourth-order valence-corrected chi connectivity index (χ4v) is 5.88. The van der Waals surface area contributed by atoms with Crippen LogP contribution in [0, 0.1) is 0 Å². The van der Waals surface area contributed by atoms with E-state index in [0.29, 0.717) is 18.1 Å². The van der Waals surface area contributed by atoms with Gasteiger partial charge in [-0.3, -0.25) is 4.31 Å². The molecule has 0 radical (unpaired) electrons. The highest BCUT2D eigenvalue weighted by molar-refractivity contribution is 7.92. The van der Waals surface area contributed by atoms with Gasteiger partial charge >= 0.3 is 0 Å². The van der Waals surface area contributed by atoms with Crippen LogP contribution in [0.4, 0.5) is 5.69 Å². The first-order chi connectivity index (χ1) is 16.9. The Morgan fingerprint density at radius 3 is 2.37 bits per heavy atom. The molecule has 8 nitrogen and oxygen atoms in total. The molecule has 0 atom stereocenters. The van der Waals surface area contributed by atoms with Crippen LogP contribution in [0.3, 0.4) is 0 Å². The third-order valence-corrected chi connectivity index (χ3v) is 8.00. The Morgan fingerprint density at radius 2 is 1.63 bits per heavy atom. The minimum Gasteiger partial charge on any atom is -0.481 e. The van der Waals surface area contributed by atoms with Crippen molar-refractivity contribution in [2.75, 3.05) is 25.1 Å². The molecule has 0 aliphatic carbocycles. The maximum absolute atomic E-state index is 14.1. The summed E-state index contributed by atoms with van der Waals surface area (Å²) in [4.78, 5) is 4.52. The zero-order valence-corrected chi connectivity index (χ0v) is 20.6. The lowest BCUT2D eigenvalue weighted by atomic mass is 10.1. The number of fused-ring (bicyclic) bond motifs is 3. The van der Waals surface area contributed by atoms with Gasteiger partial charge in [-0.2, -0.15) is 4.98 Å². The molecule has 0 spiro atoms. The number of pyridine rings is 1. The van der Waals surface area contributed by atoms with E-state index >= 15 is 0 Å². The van der Waals surface area contributed by atoms with Gasteiger partial charge in [0.15, 0.2) is 0 Å². The molecular weight excluding hydrogens is 464 g/mol. The van der Waals surface area contributed by atoms with Crippen LogP contribution < -0.4 is 13.8 Å². The van der Waals surface area contributed by atoms with Gasteiger partial charge in [0.1, 0.15) is 5.69 Å².